The van der Waals surface area contributed by atoms with E-state index in [0.29, 0.717) is 25.4 Å². The lowest BCUT2D eigenvalue weighted by molar-refractivity contribution is -0.132. The lowest BCUT2D eigenvalue weighted by Gasteiger charge is -2.46. The molecule has 2 aromatic carbocycles. The fourth-order valence-corrected chi connectivity index (χ4v) is 5.51. The van der Waals surface area contributed by atoms with E-state index in [2.05, 4.69) is 54.2 Å². The fourth-order valence-electron chi connectivity index (χ4n) is 5.51. The minimum atomic E-state index is -0.156. The van der Waals surface area contributed by atoms with Crippen LogP contribution in [0.1, 0.15) is 49.1 Å². The van der Waals surface area contributed by atoms with Crippen LogP contribution in [-0.2, 0) is 16.8 Å². The van der Waals surface area contributed by atoms with Gasteiger partial charge in [-0.15, -0.1) is 0 Å². The third-order valence-corrected chi connectivity index (χ3v) is 7.49. The van der Waals surface area contributed by atoms with Crippen LogP contribution in [0, 0.1) is 13.8 Å². The van der Waals surface area contributed by atoms with Crippen molar-refractivity contribution in [3.8, 4) is 17.2 Å². The Balaban J connectivity index is 1.31. The Bertz CT molecular complexity index is 1240. The van der Waals surface area contributed by atoms with Crippen LogP contribution in [-0.4, -0.2) is 41.7 Å². The van der Waals surface area contributed by atoms with Crippen molar-refractivity contribution >= 4 is 11.6 Å². The highest BCUT2D eigenvalue weighted by atomic mass is 16.5. The van der Waals surface area contributed by atoms with Crippen molar-refractivity contribution in [3.05, 3.63) is 71.0 Å². The first-order valence-corrected chi connectivity index (χ1v) is 12.7. The first-order chi connectivity index (χ1) is 17.0. The smallest absolute Gasteiger partial charge is 0.226 e. The molecule has 3 aromatic rings. The monoisotopic (exact) mass is 473 g/mol. The van der Waals surface area contributed by atoms with Gasteiger partial charge in [-0.25, -0.2) is 0 Å². The van der Waals surface area contributed by atoms with Gasteiger partial charge in [-0.05, 0) is 87.6 Å². The number of likely N-dealkylation sites (tertiary alicyclic amines) is 1. The number of nitrogens with zero attached hydrogens (tertiary/aromatic N) is 2. The maximum atomic E-state index is 13.2. The molecule has 0 saturated carbocycles. The molecule has 35 heavy (non-hydrogen) atoms. The van der Waals surface area contributed by atoms with Crippen molar-refractivity contribution < 1.29 is 14.3 Å². The van der Waals surface area contributed by atoms with E-state index in [1.54, 1.807) is 0 Å². The number of ether oxygens (including phenoxy) is 2. The Labute approximate surface area is 207 Å². The summed E-state index contributed by atoms with van der Waals surface area (Å²) in [6.07, 6.45) is 4.29. The van der Waals surface area contributed by atoms with Crippen LogP contribution in [0.25, 0.3) is 5.69 Å². The highest BCUT2D eigenvalue weighted by molar-refractivity contribution is 5.79. The number of rotatable bonds is 6. The number of nitrogens with one attached hydrogen (secondary N) is 1. The number of anilines is 1. The molecule has 5 rings (SSSR count). The Kier molecular flexibility index (Phi) is 6.22. The van der Waals surface area contributed by atoms with Gasteiger partial charge in [0.15, 0.2) is 11.5 Å². The molecule has 1 N–H and O–H groups in total. The van der Waals surface area contributed by atoms with Crippen LogP contribution in [0.4, 0.5) is 5.69 Å². The van der Waals surface area contributed by atoms with Gasteiger partial charge in [0, 0.05) is 25.0 Å². The molecule has 1 spiro atoms. The molecule has 2 aliphatic heterocycles. The van der Waals surface area contributed by atoms with E-state index in [1.165, 1.54) is 28.2 Å². The summed E-state index contributed by atoms with van der Waals surface area (Å²) in [6, 6.07) is 14.6. The Morgan fingerprint density at radius 2 is 1.74 bits per heavy atom. The Morgan fingerprint density at radius 1 is 1.00 bits per heavy atom. The topological polar surface area (TPSA) is 55.7 Å². The molecule has 0 unspecified atom stereocenters. The Hall–Kier alpha value is -3.41. The van der Waals surface area contributed by atoms with Crippen molar-refractivity contribution in [2.24, 2.45) is 0 Å². The molecule has 1 saturated heterocycles. The quantitative estimate of drug-likeness (QED) is 0.522. The number of amides is 1. The van der Waals surface area contributed by atoms with Gasteiger partial charge in [0.05, 0.1) is 36.5 Å². The minimum absolute atomic E-state index is 0.156. The van der Waals surface area contributed by atoms with Gasteiger partial charge < -0.3 is 24.3 Å². The van der Waals surface area contributed by atoms with Crippen molar-refractivity contribution in [2.45, 2.75) is 52.5 Å². The van der Waals surface area contributed by atoms with Gasteiger partial charge in [0.25, 0.3) is 0 Å². The molecule has 0 aliphatic carbocycles. The van der Waals surface area contributed by atoms with Gasteiger partial charge in [-0.2, -0.15) is 0 Å². The van der Waals surface area contributed by atoms with E-state index >= 15 is 0 Å². The first-order valence-electron chi connectivity index (χ1n) is 12.7. The molecule has 1 fully saturated rings. The van der Waals surface area contributed by atoms with Crippen molar-refractivity contribution in [3.63, 3.8) is 0 Å². The van der Waals surface area contributed by atoms with Crippen LogP contribution < -0.4 is 14.8 Å². The van der Waals surface area contributed by atoms with Crippen LogP contribution in [0.5, 0.6) is 11.5 Å². The zero-order valence-corrected chi connectivity index (χ0v) is 21.2. The van der Waals surface area contributed by atoms with E-state index in [0.717, 1.165) is 37.2 Å². The Morgan fingerprint density at radius 3 is 2.49 bits per heavy atom. The lowest BCUT2D eigenvalue weighted by atomic mass is 9.81. The summed E-state index contributed by atoms with van der Waals surface area (Å²) in [7, 11) is 0. The molecule has 2 aliphatic rings. The lowest BCUT2D eigenvalue weighted by Crippen LogP contribution is -2.51. The van der Waals surface area contributed by atoms with E-state index in [4.69, 9.17) is 9.47 Å². The number of benzene rings is 2. The van der Waals surface area contributed by atoms with E-state index < -0.39 is 0 Å². The molecule has 6 nitrogen and oxygen atoms in total. The van der Waals surface area contributed by atoms with Crippen molar-refractivity contribution in [1.82, 2.24) is 9.47 Å². The average molecular weight is 474 g/mol. The molecular formula is C29H35N3O3. The maximum Gasteiger partial charge on any atom is 0.226 e. The van der Waals surface area contributed by atoms with Crippen LogP contribution >= 0.6 is 0 Å². The van der Waals surface area contributed by atoms with Crippen LogP contribution in [0.3, 0.4) is 0 Å². The summed E-state index contributed by atoms with van der Waals surface area (Å²) < 4.78 is 13.8. The molecule has 1 aromatic heterocycles. The summed E-state index contributed by atoms with van der Waals surface area (Å²) in [6.45, 7) is 10.9. The van der Waals surface area contributed by atoms with Crippen molar-refractivity contribution in [1.29, 1.82) is 0 Å². The summed E-state index contributed by atoms with van der Waals surface area (Å²) in [5.74, 6) is 1.58. The van der Waals surface area contributed by atoms with Crippen LogP contribution in [0.2, 0.25) is 0 Å². The van der Waals surface area contributed by atoms with Gasteiger partial charge in [-0.1, -0.05) is 12.1 Å². The SMILES string of the molecule is CCOc1ccc(CC(=O)N2CCC3(CC2)Nc2ccc(C)c(C)c2-n2cccc23)cc1OCC. The highest BCUT2D eigenvalue weighted by Gasteiger charge is 2.42. The summed E-state index contributed by atoms with van der Waals surface area (Å²) in [4.78, 5) is 15.2. The van der Waals surface area contributed by atoms with Crippen molar-refractivity contribution in [2.75, 3.05) is 31.6 Å². The third kappa shape index (κ3) is 4.15. The number of hydrogen-bond donors (Lipinski definition) is 1. The molecule has 0 bridgehead atoms. The number of fused-ring (bicyclic) bond motifs is 4. The highest BCUT2D eigenvalue weighted by Crippen LogP contribution is 2.45. The second-order valence-electron chi connectivity index (χ2n) is 9.58. The largest absolute Gasteiger partial charge is 0.490 e. The molecule has 184 valence electrons. The second kappa shape index (κ2) is 9.33. The van der Waals surface area contributed by atoms with Gasteiger partial charge >= 0.3 is 0 Å². The van der Waals surface area contributed by atoms with E-state index in [1.807, 2.05) is 36.9 Å². The predicted octanol–water partition coefficient (Wildman–Crippen LogP) is 5.38. The zero-order chi connectivity index (χ0) is 24.6. The number of piperidine rings is 1. The summed E-state index contributed by atoms with van der Waals surface area (Å²) >= 11 is 0. The summed E-state index contributed by atoms with van der Waals surface area (Å²) in [5.41, 5.74) is 7.10. The first kappa shape index (κ1) is 23.3. The predicted molar refractivity (Wildman–Crippen MR) is 139 cm³/mol. The molecular weight excluding hydrogens is 438 g/mol. The average Bonchev–Trinajstić information content (AvgIpc) is 3.35. The number of carbonyl (C=O) groups excluding carboxylic acids is 1. The summed E-state index contributed by atoms with van der Waals surface area (Å²) in [5, 5.41) is 3.88. The third-order valence-electron chi connectivity index (χ3n) is 7.49. The standard InChI is InChI=1S/C29H35N3O3/c1-5-34-24-12-10-22(18-25(24)35-6-2)19-27(33)31-16-13-29(14-17-31)26-8-7-15-32(26)28-21(4)20(3)9-11-23(28)30-29/h7-12,15,18,30H,5-6,13-14,16-17,19H2,1-4H3. The number of carbonyl (C=O) groups is 1. The second-order valence-corrected chi connectivity index (χ2v) is 9.58. The molecule has 1 amide bonds. The number of aryl methyl sites for hydroxylation is 1. The fraction of sp³-hybridized carbons (Fsp3) is 0.414. The zero-order valence-electron chi connectivity index (χ0n) is 21.2. The number of aromatic nitrogens is 1. The molecule has 0 atom stereocenters. The van der Waals surface area contributed by atoms with Gasteiger partial charge in [0.1, 0.15) is 0 Å². The molecule has 3 heterocycles. The normalized spacial score (nSPS) is 15.8. The number of hydrogen-bond acceptors (Lipinski definition) is 4. The maximum absolute atomic E-state index is 13.2. The minimum Gasteiger partial charge on any atom is -0.490 e. The van der Waals surface area contributed by atoms with E-state index in [-0.39, 0.29) is 11.4 Å². The van der Waals surface area contributed by atoms with Crippen LogP contribution in [0.15, 0.2) is 48.7 Å². The van der Waals surface area contributed by atoms with E-state index in [9.17, 15) is 4.79 Å². The molecule has 6 heteroatoms. The van der Waals surface area contributed by atoms with Gasteiger partial charge in [-0.3, -0.25) is 4.79 Å². The van der Waals surface area contributed by atoms with Gasteiger partial charge in [0.2, 0.25) is 5.91 Å². The molecule has 0 radical (unpaired) electrons.